The minimum Gasteiger partial charge on any atom is -0.490 e. The maximum absolute atomic E-state index is 10.8. The van der Waals surface area contributed by atoms with E-state index in [1.165, 1.54) is 0 Å². The summed E-state index contributed by atoms with van der Waals surface area (Å²) in [6.07, 6.45) is 0. The fraction of sp³-hybridized carbons (Fsp3) is 0.400. The lowest BCUT2D eigenvalue weighted by atomic mass is 10.3. The highest BCUT2D eigenvalue weighted by Gasteiger charge is 2.13. The predicted molar refractivity (Wildman–Crippen MR) is 63.7 cm³/mol. The highest BCUT2D eigenvalue weighted by atomic mass is 79.9. The maximum Gasteiger partial charge on any atom is 0.193 e. The zero-order chi connectivity index (χ0) is 11.3. The lowest BCUT2D eigenvalue weighted by Gasteiger charge is -2.12. The molecular formula is C10H12BrO3P. The third-order valence-corrected chi connectivity index (χ3v) is 3.39. The smallest absolute Gasteiger partial charge is 0.193 e. The molecule has 0 saturated carbocycles. The fourth-order valence-electron chi connectivity index (χ4n) is 1.15. The Labute approximate surface area is 99.1 Å². The molecule has 5 heteroatoms. The Bertz CT molecular complexity index is 355. The molecule has 0 radical (unpaired) electrons. The number of hydrogen-bond acceptors (Lipinski definition) is 3. The van der Waals surface area contributed by atoms with Gasteiger partial charge in [-0.15, -0.1) is 0 Å². The molecular weight excluding hydrogens is 279 g/mol. The summed E-state index contributed by atoms with van der Waals surface area (Å²) in [4.78, 5) is 0. The van der Waals surface area contributed by atoms with E-state index >= 15 is 0 Å². The van der Waals surface area contributed by atoms with Gasteiger partial charge in [-0.3, -0.25) is 4.57 Å². The molecule has 0 aromatic heterocycles. The molecule has 0 spiro atoms. The van der Waals surface area contributed by atoms with Gasteiger partial charge in [0.2, 0.25) is 0 Å². The number of halogens is 1. The summed E-state index contributed by atoms with van der Waals surface area (Å²) in [7, 11) is -0.0372. The first kappa shape index (κ1) is 12.5. The van der Waals surface area contributed by atoms with Crippen molar-refractivity contribution in [1.29, 1.82) is 0 Å². The van der Waals surface area contributed by atoms with Crippen LogP contribution in [0.5, 0.6) is 11.5 Å². The van der Waals surface area contributed by atoms with Crippen molar-refractivity contribution in [3.8, 4) is 11.5 Å². The van der Waals surface area contributed by atoms with Gasteiger partial charge in [0.1, 0.15) is 0 Å². The van der Waals surface area contributed by atoms with Crippen LogP contribution in [0.3, 0.4) is 0 Å². The zero-order valence-electron chi connectivity index (χ0n) is 8.62. The third kappa shape index (κ3) is 2.93. The first-order valence-corrected chi connectivity index (χ1v) is 6.26. The molecule has 3 nitrogen and oxygen atoms in total. The van der Waals surface area contributed by atoms with Gasteiger partial charge >= 0.3 is 0 Å². The Morgan fingerprint density at radius 3 is 2.47 bits per heavy atom. The van der Waals surface area contributed by atoms with Crippen molar-refractivity contribution in [3.05, 3.63) is 16.6 Å². The van der Waals surface area contributed by atoms with Gasteiger partial charge in [0, 0.05) is 0 Å². The fourth-order valence-corrected chi connectivity index (χ4v) is 2.12. The monoisotopic (exact) mass is 290 g/mol. The minimum atomic E-state index is -0.0372. The van der Waals surface area contributed by atoms with E-state index in [1.54, 1.807) is 12.1 Å². The molecule has 0 bridgehead atoms. The van der Waals surface area contributed by atoms with Crippen molar-refractivity contribution in [3.63, 3.8) is 0 Å². The first-order chi connectivity index (χ1) is 7.24. The molecule has 1 aromatic rings. The number of ether oxygens (including phenoxy) is 2. The SMILES string of the molecule is CCOc1ccc(P=O)c(Br)c1OCC. The van der Waals surface area contributed by atoms with E-state index in [2.05, 4.69) is 15.9 Å². The Morgan fingerprint density at radius 2 is 1.93 bits per heavy atom. The van der Waals surface area contributed by atoms with Crippen LogP contribution in [0.15, 0.2) is 16.6 Å². The van der Waals surface area contributed by atoms with Gasteiger partial charge in [0.25, 0.3) is 0 Å². The van der Waals surface area contributed by atoms with E-state index in [1.807, 2.05) is 13.8 Å². The summed E-state index contributed by atoms with van der Waals surface area (Å²) >= 11 is 3.35. The molecule has 0 aliphatic carbocycles. The topological polar surface area (TPSA) is 35.5 Å². The van der Waals surface area contributed by atoms with Crippen molar-refractivity contribution in [2.45, 2.75) is 13.8 Å². The van der Waals surface area contributed by atoms with Gasteiger partial charge in [0.15, 0.2) is 20.0 Å². The molecule has 1 aromatic carbocycles. The van der Waals surface area contributed by atoms with E-state index in [-0.39, 0.29) is 8.46 Å². The lowest BCUT2D eigenvalue weighted by molar-refractivity contribution is 0.286. The molecule has 0 heterocycles. The maximum atomic E-state index is 10.8. The Balaban J connectivity index is 3.17. The Morgan fingerprint density at radius 1 is 1.27 bits per heavy atom. The molecule has 1 rings (SSSR count). The van der Waals surface area contributed by atoms with Crippen LogP contribution in [0.2, 0.25) is 0 Å². The Kier molecular flexibility index (Phi) is 5.06. The van der Waals surface area contributed by atoms with Crippen LogP contribution in [0.25, 0.3) is 0 Å². The van der Waals surface area contributed by atoms with Gasteiger partial charge in [-0.2, -0.15) is 0 Å². The van der Waals surface area contributed by atoms with E-state index in [0.29, 0.717) is 34.5 Å². The lowest BCUT2D eigenvalue weighted by Crippen LogP contribution is -2.04. The summed E-state index contributed by atoms with van der Waals surface area (Å²) in [6.45, 7) is 4.91. The van der Waals surface area contributed by atoms with Crippen LogP contribution in [0, 0.1) is 0 Å². The van der Waals surface area contributed by atoms with Crippen LogP contribution >= 0.6 is 24.4 Å². The standard InChI is InChI=1S/C10H12BrO3P/c1-3-13-7-5-6-8(15-12)9(11)10(7)14-4-2/h5-6H,3-4H2,1-2H3. The summed E-state index contributed by atoms with van der Waals surface area (Å²) in [5.74, 6) is 1.28. The molecule has 0 fully saturated rings. The molecule has 0 amide bonds. The van der Waals surface area contributed by atoms with E-state index in [4.69, 9.17) is 9.47 Å². The molecule has 0 aliphatic heterocycles. The summed E-state index contributed by atoms with van der Waals surface area (Å²) in [5, 5.41) is 0.655. The van der Waals surface area contributed by atoms with E-state index in [9.17, 15) is 4.57 Å². The van der Waals surface area contributed by atoms with Crippen molar-refractivity contribution >= 4 is 29.7 Å². The average Bonchev–Trinajstić information content (AvgIpc) is 2.24. The molecule has 82 valence electrons. The van der Waals surface area contributed by atoms with Gasteiger partial charge in [-0.25, -0.2) is 0 Å². The van der Waals surface area contributed by atoms with Gasteiger partial charge in [-0.1, -0.05) is 0 Å². The average molecular weight is 291 g/mol. The quantitative estimate of drug-likeness (QED) is 0.782. The summed E-state index contributed by atoms with van der Waals surface area (Å²) < 4.78 is 22.4. The summed E-state index contributed by atoms with van der Waals surface area (Å²) in [5.41, 5.74) is 0. The van der Waals surface area contributed by atoms with Gasteiger partial charge < -0.3 is 9.47 Å². The van der Waals surface area contributed by atoms with Crippen molar-refractivity contribution < 1.29 is 14.0 Å². The molecule has 0 unspecified atom stereocenters. The van der Waals surface area contributed by atoms with Crippen molar-refractivity contribution in [2.24, 2.45) is 0 Å². The summed E-state index contributed by atoms with van der Waals surface area (Å²) in [6, 6.07) is 3.51. The third-order valence-electron chi connectivity index (χ3n) is 1.73. The largest absolute Gasteiger partial charge is 0.490 e. The van der Waals surface area contributed by atoms with Gasteiger partial charge in [-0.05, 0) is 41.9 Å². The van der Waals surface area contributed by atoms with Crippen LogP contribution in [0.4, 0.5) is 0 Å². The number of hydrogen-bond donors (Lipinski definition) is 0. The molecule has 0 N–H and O–H groups in total. The van der Waals surface area contributed by atoms with Crippen LogP contribution in [0.1, 0.15) is 13.8 Å². The predicted octanol–water partition coefficient (Wildman–Crippen LogP) is 3.16. The van der Waals surface area contributed by atoms with Gasteiger partial charge in [0.05, 0.1) is 23.0 Å². The molecule has 0 saturated heterocycles. The zero-order valence-corrected chi connectivity index (χ0v) is 11.1. The number of rotatable bonds is 5. The van der Waals surface area contributed by atoms with Crippen LogP contribution in [-0.2, 0) is 4.57 Å². The molecule has 0 atom stereocenters. The second kappa shape index (κ2) is 6.09. The van der Waals surface area contributed by atoms with E-state index < -0.39 is 0 Å². The van der Waals surface area contributed by atoms with Crippen molar-refractivity contribution in [2.75, 3.05) is 13.2 Å². The second-order valence-corrected chi connectivity index (χ2v) is 4.14. The first-order valence-electron chi connectivity index (χ1n) is 4.66. The molecule has 15 heavy (non-hydrogen) atoms. The highest BCUT2D eigenvalue weighted by molar-refractivity contribution is 9.10. The molecule has 0 aliphatic rings. The Hall–Kier alpha value is -0.600. The highest BCUT2D eigenvalue weighted by Crippen LogP contribution is 2.35. The van der Waals surface area contributed by atoms with E-state index in [0.717, 1.165) is 0 Å². The normalized spacial score (nSPS) is 10.3. The minimum absolute atomic E-state index is 0.0372. The van der Waals surface area contributed by atoms with Crippen molar-refractivity contribution in [1.82, 2.24) is 0 Å². The van der Waals surface area contributed by atoms with Crippen LogP contribution < -0.4 is 14.8 Å². The second-order valence-electron chi connectivity index (χ2n) is 2.68. The number of benzene rings is 1. The van der Waals surface area contributed by atoms with Crippen LogP contribution in [-0.4, -0.2) is 13.2 Å².